The van der Waals surface area contributed by atoms with Crippen LogP contribution in [0, 0.1) is 10.1 Å². The van der Waals surface area contributed by atoms with Crippen molar-refractivity contribution in [3.05, 3.63) is 69.8 Å². The molecule has 1 amide bonds. The molecule has 0 heterocycles. The molecular weight excluding hydrogens is 352 g/mol. The van der Waals surface area contributed by atoms with Gasteiger partial charge in [0.2, 0.25) is 5.91 Å². The number of nitro benzene ring substituents is 1. The number of carbonyl (C=O) groups excluding carboxylic acids is 1. The van der Waals surface area contributed by atoms with E-state index in [4.69, 9.17) is 9.84 Å². The lowest BCUT2D eigenvalue weighted by atomic mass is 10.1. The van der Waals surface area contributed by atoms with E-state index in [-0.39, 0.29) is 17.0 Å². The van der Waals surface area contributed by atoms with Crippen molar-refractivity contribution in [1.29, 1.82) is 0 Å². The Morgan fingerprint density at radius 1 is 1.22 bits per heavy atom. The summed E-state index contributed by atoms with van der Waals surface area (Å²) in [5.74, 6) is -1.32. The van der Waals surface area contributed by atoms with Crippen LogP contribution in [-0.2, 0) is 4.79 Å². The summed E-state index contributed by atoms with van der Waals surface area (Å²) in [5.41, 5.74) is 0.849. The first-order valence-corrected chi connectivity index (χ1v) is 8.14. The molecule has 0 aromatic heterocycles. The lowest BCUT2D eigenvalue weighted by molar-refractivity contribution is -0.385. The Hall–Kier alpha value is -3.68. The van der Waals surface area contributed by atoms with Crippen LogP contribution in [0.3, 0.4) is 0 Å². The van der Waals surface area contributed by atoms with E-state index in [9.17, 15) is 19.7 Å². The monoisotopic (exact) mass is 370 g/mol. The Balaban J connectivity index is 2.07. The molecule has 0 saturated heterocycles. The fourth-order valence-electron chi connectivity index (χ4n) is 2.17. The number of hydrogen-bond donors (Lipinski definition) is 2. The highest BCUT2D eigenvalue weighted by Gasteiger charge is 2.15. The number of nitrogens with one attached hydrogen (secondary N) is 1. The summed E-state index contributed by atoms with van der Waals surface area (Å²) in [5, 5.41) is 22.6. The molecule has 2 aromatic rings. The molecule has 0 aliphatic heterocycles. The van der Waals surface area contributed by atoms with Gasteiger partial charge in [-0.1, -0.05) is 13.0 Å². The zero-order valence-electron chi connectivity index (χ0n) is 14.5. The molecule has 0 spiro atoms. The number of carboxylic acid groups (broad SMARTS) is 1. The Labute approximate surface area is 155 Å². The van der Waals surface area contributed by atoms with Gasteiger partial charge in [-0.05, 0) is 48.4 Å². The number of amides is 1. The average Bonchev–Trinajstić information content (AvgIpc) is 2.65. The molecule has 0 atom stereocenters. The predicted molar refractivity (Wildman–Crippen MR) is 99.9 cm³/mol. The highest BCUT2D eigenvalue weighted by Crippen LogP contribution is 2.28. The maximum atomic E-state index is 12.0. The van der Waals surface area contributed by atoms with E-state index in [1.54, 1.807) is 6.07 Å². The van der Waals surface area contributed by atoms with Gasteiger partial charge >= 0.3 is 11.7 Å². The van der Waals surface area contributed by atoms with Gasteiger partial charge in [0.05, 0.1) is 17.1 Å². The van der Waals surface area contributed by atoms with Gasteiger partial charge < -0.3 is 15.2 Å². The van der Waals surface area contributed by atoms with Gasteiger partial charge in [0.25, 0.3) is 0 Å². The van der Waals surface area contributed by atoms with Gasteiger partial charge in [-0.15, -0.1) is 0 Å². The van der Waals surface area contributed by atoms with E-state index in [0.29, 0.717) is 17.9 Å². The van der Waals surface area contributed by atoms with Gasteiger partial charge in [-0.25, -0.2) is 4.79 Å². The number of rotatable bonds is 8. The van der Waals surface area contributed by atoms with Gasteiger partial charge in [-0.3, -0.25) is 14.9 Å². The number of benzene rings is 2. The molecule has 2 aromatic carbocycles. The second-order valence-electron chi connectivity index (χ2n) is 5.54. The predicted octanol–water partition coefficient (Wildman–Crippen LogP) is 3.73. The second-order valence-corrected chi connectivity index (χ2v) is 5.54. The number of aromatic carboxylic acids is 1. The quantitative estimate of drug-likeness (QED) is 0.415. The molecule has 8 heteroatoms. The number of nitrogens with zero attached hydrogens (tertiary/aromatic N) is 1. The van der Waals surface area contributed by atoms with Crippen molar-refractivity contribution in [2.45, 2.75) is 13.3 Å². The normalized spacial score (nSPS) is 10.6. The number of anilines is 1. The van der Waals surface area contributed by atoms with Crippen molar-refractivity contribution >= 4 is 29.3 Å². The largest absolute Gasteiger partial charge is 0.487 e. The lowest BCUT2D eigenvalue weighted by Crippen LogP contribution is -2.08. The molecule has 0 aliphatic rings. The smallest absolute Gasteiger partial charge is 0.335 e. The Kier molecular flexibility index (Phi) is 6.65. The van der Waals surface area contributed by atoms with Crippen LogP contribution in [0.2, 0.25) is 0 Å². The van der Waals surface area contributed by atoms with E-state index < -0.39 is 16.8 Å². The average molecular weight is 370 g/mol. The van der Waals surface area contributed by atoms with Crippen LogP contribution in [0.1, 0.15) is 29.3 Å². The number of carboxylic acids is 1. The fourth-order valence-corrected chi connectivity index (χ4v) is 2.17. The molecule has 27 heavy (non-hydrogen) atoms. The van der Waals surface area contributed by atoms with Crippen LogP contribution in [0.15, 0.2) is 48.5 Å². The summed E-state index contributed by atoms with van der Waals surface area (Å²) >= 11 is 0. The Bertz CT molecular complexity index is 874. The molecule has 2 rings (SSSR count). The zero-order valence-corrected chi connectivity index (χ0v) is 14.5. The fraction of sp³-hybridized carbons (Fsp3) is 0.158. The molecule has 140 valence electrons. The molecule has 0 aliphatic carbocycles. The standard InChI is InChI=1S/C19H18N2O6/c1-2-11-27-17-9-3-13(12-16(17)21(25)26)4-10-18(22)20-15-7-5-14(6-8-15)19(23)24/h3-10,12H,2,11H2,1H3,(H,20,22)(H,23,24)/b10-4+. The van der Waals surface area contributed by atoms with Crippen molar-refractivity contribution < 1.29 is 24.4 Å². The molecule has 0 unspecified atom stereocenters. The first-order chi connectivity index (χ1) is 12.9. The van der Waals surface area contributed by atoms with Gasteiger partial charge in [0, 0.05) is 17.8 Å². The molecular formula is C19H18N2O6. The molecule has 0 fully saturated rings. The number of carbonyl (C=O) groups is 2. The SMILES string of the molecule is CCCOc1ccc(/C=C/C(=O)Nc2ccc(C(=O)O)cc2)cc1[N+](=O)[O-]. The summed E-state index contributed by atoms with van der Waals surface area (Å²) in [7, 11) is 0. The zero-order chi connectivity index (χ0) is 19.8. The molecule has 8 nitrogen and oxygen atoms in total. The summed E-state index contributed by atoms with van der Waals surface area (Å²) in [6.45, 7) is 2.27. The van der Waals surface area contributed by atoms with E-state index in [1.807, 2.05) is 6.92 Å². The number of nitro groups is 1. The van der Waals surface area contributed by atoms with Crippen LogP contribution >= 0.6 is 0 Å². The molecule has 2 N–H and O–H groups in total. The van der Waals surface area contributed by atoms with Crippen LogP contribution in [-0.4, -0.2) is 28.5 Å². The Morgan fingerprint density at radius 2 is 1.93 bits per heavy atom. The van der Waals surface area contributed by atoms with Crippen LogP contribution in [0.25, 0.3) is 6.08 Å². The van der Waals surface area contributed by atoms with Gasteiger partial charge in [-0.2, -0.15) is 0 Å². The first-order valence-electron chi connectivity index (χ1n) is 8.14. The summed E-state index contributed by atoms with van der Waals surface area (Å²) in [6.07, 6.45) is 3.40. The lowest BCUT2D eigenvalue weighted by Gasteiger charge is -2.06. The third-order valence-electron chi connectivity index (χ3n) is 3.47. The third-order valence-corrected chi connectivity index (χ3v) is 3.47. The minimum Gasteiger partial charge on any atom is -0.487 e. The Morgan fingerprint density at radius 3 is 2.52 bits per heavy atom. The topological polar surface area (TPSA) is 119 Å². The number of hydrogen-bond acceptors (Lipinski definition) is 5. The third kappa shape index (κ3) is 5.67. The van der Waals surface area contributed by atoms with E-state index in [2.05, 4.69) is 5.32 Å². The van der Waals surface area contributed by atoms with Gasteiger partial charge in [0.1, 0.15) is 0 Å². The summed E-state index contributed by atoms with van der Waals surface area (Å²) in [6, 6.07) is 10.1. The molecule has 0 bridgehead atoms. The van der Waals surface area contributed by atoms with Crippen LogP contribution in [0.5, 0.6) is 5.75 Å². The highest BCUT2D eigenvalue weighted by atomic mass is 16.6. The van der Waals surface area contributed by atoms with Crippen LogP contribution < -0.4 is 10.1 Å². The van der Waals surface area contributed by atoms with Crippen molar-refractivity contribution in [2.24, 2.45) is 0 Å². The van der Waals surface area contributed by atoms with Crippen molar-refractivity contribution in [3.8, 4) is 5.75 Å². The molecule has 0 saturated carbocycles. The summed E-state index contributed by atoms with van der Waals surface area (Å²) < 4.78 is 5.35. The highest BCUT2D eigenvalue weighted by molar-refractivity contribution is 6.02. The maximum absolute atomic E-state index is 12.0. The number of ether oxygens (including phenoxy) is 1. The summed E-state index contributed by atoms with van der Waals surface area (Å²) in [4.78, 5) is 33.4. The molecule has 0 radical (unpaired) electrons. The minimum atomic E-state index is -1.05. The van der Waals surface area contributed by atoms with E-state index in [0.717, 1.165) is 6.42 Å². The maximum Gasteiger partial charge on any atom is 0.335 e. The van der Waals surface area contributed by atoms with E-state index in [1.165, 1.54) is 48.6 Å². The second kappa shape index (κ2) is 9.14. The first kappa shape index (κ1) is 19.6. The van der Waals surface area contributed by atoms with Gasteiger partial charge in [0.15, 0.2) is 5.75 Å². The van der Waals surface area contributed by atoms with E-state index >= 15 is 0 Å². The van der Waals surface area contributed by atoms with Crippen LogP contribution in [0.4, 0.5) is 11.4 Å². The van der Waals surface area contributed by atoms with Crippen molar-refractivity contribution in [1.82, 2.24) is 0 Å². The van der Waals surface area contributed by atoms with Crippen molar-refractivity contribution in [3.63, 3.8) is 0 Å². The van der Waals surface area contributed by atoms with Crippen molar-refractivity contribution in [2.75, 3.05) is 11.9 Å². The minimum absolute atomic E-state index is 0.112.